The van der Waals surface area contributed by atoms with Gasteiger partial charge in [-0.25, -0.2) is 4.98 Å². The lowest BCUT2D eigenvalue weighted by molar-refractivity contribution is -0.138. The first-order chi connectivity index (χ1) is 9.65. The van der Waals surface area contributed by atoms with Crippen LogP contribution in [-0.4, -0.2) is 51.0 Å². The number of carbonyl (C=O) groups excluding carboxylic acids is 1. The molecule has 1 atom stereocenters. The fraction of sp³-hybridized carbons (Fsp3) is 0.615. The molecule has 1 aliphatic carbocycles. The van der Waals surface area contributed by atoms with Gasteiger partial charge in [-0.05, 0) is 12.8 Å². The van der Waals surface area contributed by atoms with Crippen LogP contribution in [0.5, 0.6) is 0 Å². The molecule has 108 valence electrons. The van der Waals surface area contributed by atoms with Crippen molar-refractivity contribution in [2.75, 3.05) is 18.1 Å². The van der Waals surface area contributed by atoms with Gasteiger partial charge in [0.25, 0.3) is 5.91 Å². The van der Waals surface area contributed by atoms with Crippen LogP contribution in [-0.2, 0) is 4.79 Å². The van der Waals surface area contributed by atoms with Gasteiger partial charge in [0.1, 0.15) is 5.69 Å². The zero-order valence-electron chi connectivity index (χ0n) is 10.9. The number of carboxylic acid groups (broad SMARTS) is 1. The minimum Gasteiger partial charge on any atom is -0.481 e. The SMILES string of the molecule is O=C(O)C[C@@H]1CSCCN1C(=O)c1csc(C2CC2)n1. The molecule has 1 amide bonds. The van der Waals surface area contributed by atoms with Gasteiger partial charge in [0.15, 0.2) is 0 Å². The molecule has 1 aromatic rings. The number of nitrogens with zero attached hydrogens (tertiary/aromatic N) is 2. The van der Waals surface area contributed by atoms with E-state index in [1.165, 1.54) is 12.8 Å². The van der Waals surface area contributed by atoms with Gasteiger partial charge in [-0.3, -0.25) is 9.59 Å². The maximum absolute atomic E-state index is 12.5. The maximum atomic E-state index is 12.5. The molecule has 5 nitrogen and oxygen atoms in total. The number of aromatic nitrogens is 1. The Labute approximate surface area is 125 Å². The van der Waals surface area contributed by atoms with Crippen molar-refractivity contribution < 1.29 is 14.7 Å². The average Bonchev–Trinajstić information content (AvgIpc) is 3.16. The van der Waals surface area contributed by atoms with E-state index in [4.69, 9.17) is 5.11 Å². The Hall–Kier alpha value is -1.08. The van der Waals surface area contributed by atoms with Crippen molar-refractivity contribution in [2.24, 2.45) is 0 Å². The first-order valence-electron chi connectivity index (χ1n) is 6.71. The summed E-state index contributed by atoms with van der Waals surface area (Å²) >= 11 is 3.25. The zero-order valence-corrected chi connectivity index (χ0v) is 12.6. The van der Waals surface area contributed by atoms with Crippen LogP contribution >= 0.6 is 23.1 Å². The molecule has 1 saturated heterocycles. The highest BCUT2D eigenvalue weighted by atomic mass is 32.2. The summed E-state index contributed by atoms with van der Waals surface area (Å²) in [6.07, 6.45) is 2.35. The highest BCUT2D eigenvalue weighted by Gasteiger charge is 2.32. The third-order valence-electron chi connectivity index (χ3n) is 3.57. The summed E-state index contributed by atoms with van der Waals surface area (Å²) < 4.78 is 0. The Morgan fingerprint density at radius 1 is 1.45 bits per heavy atom. The standard InChI is InChI=1S/C13H16N2O3S2/c16-11(17)5-9-6-19-4-3-15(9)13(18)10-7-20-12(14-10)8-1-2-8/h7-9H,1-6H2,(H,16,17)/t9-/m1/s1. The molecule has 0 bridgehead atoms. The molecule has 1 N–H and O–H groups in total. The Morgan fingerprint density at radius 3 is 2.95 bits per heavy atom. The van der Waals surface area contributed by atoms with Crippen molar-refractivity contribution in [3.05, 3.63) is 16.1 Å². The van der Waals surface area contributed by atoms with Crippen LogP contribution < -0.4 is 0 Å². The normalized spacial score (nSPS) is 22.8. The lowest BCUT2D eigenvalue weighted by Crippen LogP contribution is -2.47. The smallest absolute Gasteiger partial charge is 0.305 e. The summed E-state index contributed by atoms with van der Waals surface area (Å²) in [4.78, 5) is 29.6. The van der Waals surface area contributed by atoms with E-state index in [0.717, 1.165) is 10.8 Å². The molecular formula is C13H16N2O3S2. The van der Waals surface area contributed by atoms with E-state index in [-0.39, 0.29) is 18.4 Å². The minimum absolute atomic E-state index is 0.0123. The topological polar surface area (TPSA) is 70.5 Å². The number of carbonyl (C=O) groups is 2. The largest absolute Gasteiger partial charge is 0.481 e. The number of aliphatic carboxylic acids is 1. The first-order valence-corrected chi connectivity index (χ1v) is 8.74. The molecule has 2 heterocycles. The Kier molecular flexibility index (Phi) is 3.98. The fourth-order valence-electron chi connectivity index (χ4n) is 2.34. The third-order valence-corrected chi connectivity index (χ3v) is 5.67. The molecule has 7 heteroatoms. The molecule has 1 aromatic heterocycles. The van der Waals surface area contributed by atoms with Crippen molar-refractivity contribution in [1.29, 1.82) is 0 Å². The monoisotopic (exact) mass is 312 g/mol. The number of thiazole rings is 1. The van der Waals surface area contributed by atoms with Crippen LogP contribution in [0, 0.1) is 0 Å². The van der Waals surface area contributed by atoms with Gasteiger partial charge in [0, 0.05) is 29.3 Å². The van der Waals surface area contributed by atoms with E-state index in [9.17, 15) is 9.59 Å². The highest BCUT2D eigenvalue weighted by Crippen LogP contribution is 2.41. The molecule has 1 saturated carbocycles. The van der Waals surface area contributed by atoms with Gasteiger partial charge < -0.3 is 10.0 Å². The van der Waals surface area contributed by atoms with Gasteiger partial charge in [-0.2, -0.15) is 11.8 Å². The Morgan fingerprint density at radius 2 is 2.25 bits per heavy atom. The summed E-state index contributed by atoms with van der Waals surface area (Å²) in [6, 6.07) is -0.218. The third kappa shape index (κ3) is 2.98. The predicted molar refractivity (Wildman–Crippen MR) is 78.5 cm³/mol. The number of hydrogen-bond acceptors (Lipinski definition) is 5. The lowest BCUT2D eigenvalue weighted by Gasteiger charge is -2.34. The van der Waals surface area contributed by atoms with Crippen LogP contribution in [0.3, 0.4) is 0 Å². The molecule has 20 heavy (non-hydrogen) atoms. The van der Waals surface area contributed by atoms with Crippen molar-refractivity contribution >= 4 is 35.0 Å². The quantitative estimate of drug-likeness (QED) is 0.921. The van der Waals surface area contributed by atoms with Crippen molar-refractivity contribution in [3.8, 4) is 0 Å². The molecule has 2 aliphatic rings. The van der Waals surface area contributed by atoms with E-state index in [2.05, 4.69) is 4.98 Å². The summed E-state index contributed by atoms with van der Waals surface area (Å²) in [5.41, 5.74) is 0.485. The number of thioether (sulfide) groups is 1. The second-order valence-corrected chi connectivity index (χ2v) is 7.21. The van der Waals surface area contributed by atoms with Gasteiger partial charge in [-0.1, -0.05) is 0 Å². The molecule has 3 rings (SSSR count). The molecule has 0 unspecified atom stereocenters. The average molecular weight is 312 g/mol. The van der Waals surface area contributed by atoms with E-state index >= 15 is 0 Å². The number of amides is 1. The van der Waals surface area contributed by atoms with E-state index < -0.39 is 5.97 Å². The number of hydrogen-bond donors (Lipinski definition) is 1. The zero-order chi connectivity index (χ0) is 14.1. The van der Waals surface area contributed by atoms with Crippen molar-refractivity contribution in [1.82, 2.24) is 9.88 Å². The van der Waals surface area contributed by atoms with Gasteiger partial charge in [-0.15, -0.1) is 11.3 Å². The van der Waals surface area contributed by atoms with Crippen LogP contribution in [0.15, 0.2) is 5.38 Å². The van der Waals surface area contributed by atoms with Crippen LogP contribution in [0.2, 0.25) is 0 Å². The minimum atomic E-state index is -0.854. The van der Waals surface area contributed by atoms with Crippen molar-refractivity contribution in [3.63, 3.8) is 0 Å². The summed E-state index contributed by atoms with van der Waals surface area (Å²) in [5.74, 6) is 1.14. The van der Waals surface area contributed by atoms with Crippen LogP contribution in [0.25, 0.3) is 0 Å². The van der Waals surface area contributed by atoms with Gasteiger partial charge in [0.2, 0.25) is 0 Å². The summed E-state index contributed by atoms with van der Waals surface area (Å²) in [5, 5.41) is 11.8. The van der Waals surface area contributed by atoms with Gasteiger partial charge >= 0.3 is 5.97 Å². The fourth-order valence-corrected chi connectivity index (χ4v) is 4.37. The molecule has 2 fully saturated rings. The van der Waals surface area contributed by atoms with Crippen molar-refractivity contribution in [2.45, 2.75) is 31.2 Å². The Bertz CT molecular complexity index is 527. The number of carboxylic acids is 1. The molecule has 0 spiro atoms. The molecule has 0 aromatic carbocycles. The van der Waals surface area contributed by atoms with Crippen LogP contribution in [0.4, 0.5) is 0 Å². The predicted octanol–water partition coefficient (Wildman–Crippen LogP) is 2.05. The number of rotatable bonds is 4. The first kappa shape index (κ1) is 13.9. The van der Waals surface area contributed by atoms with E-state index in [1.54, 1.807) is 28.0 Å². The van der Waals surface area contributed by atoms with Gasteiger partial charge in [0.05, 0.1) is 17.5 Å². The van der Waals surface area contributed by atoms with E-state index in [0.29, 0.717) is 23.9 Å². The lowest BCUT2D eigenvalue weighted by atomic mass is 10.2. The van der Waals surface area contributed by atoms with E-state index in [1.807, 2.05) is 5.38 Å². The van der Waals surface area contributed by atoms with Crippen LogP contribution in [0.1, 0.15) is 40.7 Å². The molecule has 0 radical (unpaired) electrons. The second kappa shape index (κ2) is 5.73. The Balaban J connectivity index is 1.73. The molecule has 1 aliphatic heterocycles. The molecular weight excluding hydrogens is 296 g/mol. The highest BCUT2D eigenvalue weighted by molar-refractivity contribution is 7.99. The summed E-state index contributed by atoms with van der Waals surface area (Å²) in [7, 11) is 0. The maximum Gasteiger partial charge on any atom is 0.305 e. The second-order valence-electron chi connectivity index (χ2n) is 5.17. The summed E-state index contributed by atoms with van der Waals surface area (Å²) in [6.45, 7) is 0.609.